The molecular weight excluding hydrogens is 334 g/mol. The van der Waals surface area contributed by atoms with E-state index in [9.17, 15) is 14.9 Å². The monoisotopic (exact) mass is 345 g/mol. The average Bonchev–Trinajstić information content (AvgIpc) is 3.13. The first-order valence-electron chi connectivity index (χ1n) is 6.70. The summed E-state index contributed by atoms with van der Waals surface area (Å²) in [5.41, 5.74) is 0.166. The molecule has 0 unspecified atom stereocenters. The van der Waals surface area contributed by atoms with E-state index in [1.165, 1.54) is 19.3 Å². The molecule has 0 radical (unpaired) electrons. The van der Waals surface area contributed by atoms with Gasteiger partial charge in [0.2, 0.25) is 0 Å². The lowest BCUT2D eigenvalue weighted by Gasteiger charge is -2.03. The van der Waals surface area contributed by atoms with Crippen LogP contribution < -0.4 is 10.1 Å². The molecule has 0 spiro atoms. The van der Waals surface area contributed by atoms with Crippen LogP contribution in [-0.4, -0.2) is 23.1 Å². The Morgan fingerprint density at radius 3 is 2.79 bits per heavy atom. The number of furan rings is 1. The summed E-state index contributed by atoms with van der Waals surface area (Å²) in [5, 5.41) is 21.0. The van der Waals surface area contributed by atoms with Crippen LogP contribution in [-0.2, 0) is 4.79 Å². The van der Waals surface area contributed by atoms with E-state index in [0.29, 0.717) is 27.7 Å². The number of hydrogen-bond acceptors (Lipinski definition) is 7. The zero-order valence-corrected chi connectivity index (χ0v) is 13.2. The maximum absolute atomic E-state index is 11.6. The number of rotatable bonds is 4. The highest BCUT2D eigenvalue weighted by atomic mass is 32.2. The SMILES string of the molecule is COc1ccc(-c2ccc(/C=C3\SC(=N)NC3=O)o2)c([N+](=O)[O-])c1. The quantitative estimate of drug-likeness (QED) is 0.499. The van der Waals surface area contributed by atoms with E-state index in [4.69, 9.17) is 14.6 Å². The van der Waals surface area contributed by atoms with Crippen molar-refractivity contribution >= 4 is 34.6 Å². The molecule has 1 saturated heterocycles. The summed E-state index contributed by atoms with van der Waals surface area (Å²) in [6.45, 7) is 0. The third-order valence-electron chi connectivity index (χ3n) is 3.23. The van der Waals surface area contributed by atoms with E-state index in [-0.39, 0.29) is 16.8 Å². The smallest absolute Gasteiger partial charge is 0.284 e. The molecule has 9 heteroatoms. The van der Waals surface area contributed by atoms with Gasteiger partial charge < -0.3 is 14.5 Å². The van der Waals surface area contributed by atoms with Crippen molar-refractivity contribution in [3.8, 4) is 17.1 Å². The molecule has 24 heavy (non-hydrogen) atoms. The van der Waals surface area contributed by atoms with Crippen LogP contribution in [0, 0.1) is 15.5 Å². The van der Waals surface area contributed by atoms with Crippen LogP contribution in [0.25, 0.3) is 17.4 Å². The third kappa shape index (κ3) is 3.01. The molecule has 2 N–H and O–H groups in total. The van der Waals surface area contributed by atoms with Gasteiger partial charge in [-0.2, -0.15) is 0 Å². The minimum atomic E-state index is -0.514. The average molecular weight is 345 g/mol. The highest BCUT2D eigenvalue weighted by Crippen LogP contribution is 2.35. The fourth-order valence-electron chi connectivity index (χ4n) is 2.14. The van der Waals surface area contributed by atoms with E-state index < -0.39 is 4.92 Å². The number of methoxy groups -OCH3 is 1. The molecule has 1 aromatic heterocycles. The van der Waals surface area contributed by atoms with Crippen molar-refractivity contribution in [2.24, 2.45) is 0 Å². The van der Waals surface area contributed by atoms with Crippen LogP contribution in [0.1, 0.15) is 5.76 Å². The Hall–Kier alpha value is -3.07. The van der Waals surface area contributed by atoms with E-state index in [1.54, 1.807) is 24.3 Å². The van der Waals surface area contributed by atoms with Gasteiger partial charge in [0, 0.05) is 6.08 Å². The van der Waals surface area contributed by atoms with E-state index >= 15 is 0 Å². The molecule has 2 aromatic rings. The molecule has 1 amide bonds. The Labute approximate surface area is 140 Å². The molecule has 0 saturated carbocycles. The lowest BCUT2D eigenvalue weighted by Crippen LogP contribution is -2.18. The second kappa shape index (κ2) is 6.20. The second-order valence-corrected chi connectivity index (χ2v) is 5.79. The molecule has 3 rings (SSSR count). The van der Waals surface area contributed by atoms with Crippen molar-refractivity contribution in [1.82, 2.24) is 5.32 Å². The Morgan fingerprint density at radius 1 is 1.38 bits per heavy atom. The second-order valence-electron chi connectivity index (χ2n) is 4.74. The predicted molar refractivity (Wildman–Crippen MR) is 88.8 cm³/mol. The van der Waals surface area contributed by atoms with Gasteiger partial charge in [-0.15, -0.1) is 0 Å². The van der Waals surface area contributed by atoms with Crippen LogP contribution >= 0.6 is 11.8 Å². The number of nitro benzene ring substituents is 1. The van der Waals surface area contributed by atoms with Crippen LogP contribution in [0.4, 0.5) is 5.69 Å². The molecule has 2 heterocycles. The first-order chi connectivity index (χ1) is 11.5. The van der Waals surface area contributed by atoms with Crippen molar-refractivity contribution in [3.05, 3.63) is 51.1 Å². The van der Waals surface area contributed by atoms with Crippen molar-refractivity contribution in [2.75, 3.05) is 7.11 Å². The Morgan fingerprint density at radius 2 is 2.17 bits per heavy atom. The van der Waals surface area contributed by atoms with Gasteiger partial charge in [-0.25, -0.2) is 0 Å². The summed E-state index contributed by atoms with van der Waals surface area (Å²) in [4.78, 5) is 22.6. The third-order valence-corrected chi connectivity index (χ3v) is 4.06. The number of amidine groups is 1. The highest BCUT2D eigenvalue weighted by Gasteiger charge is 2.23. The van der Waals surface area contributed by atoms with Crippen LogP contribution in [0.15, 0.2) is 39.7 Å². The predicted octanol–water partition coefficient (Wildman–Crippen LogP) is 3.00. The summed E-state index contributed by atoms with van der Waals surface area (Å²) < 4.78 is 10.6. The number of hydrogen-bond donors (Lipinski definition) is 2. The largest absolute Gasteiger partial charge is 0.497 e. The fraction of sp³-hybridized carbons (Fsp3) is 0.0667. The standard InChI is InChI=1S/C15H11N3O5S/c1-22-8-2-4-10(11(6-8)18(20)21)12-5-3-9(23-12)7-13-14(19)17-15(16)24-13/h2-7H,1H3,(H2,16,17,19)/b13-7-. The molecule has 0 bridgehead atoms. The van der Waals surface area contributed by atoms with Gasteiger partial charge in [0.25, 0.3) is 11.6 Å². The van der Waals surface area contributed by atoms with Crippen LogP contribution in [0.3, 0.4) is 0 Å². The van der Waals surface area contributed by atoms with Gasteiger partial charge in [0.15, 0.2) is 5.17 Å². The minimum Gasteiger partial charge on any atom is -0.497 e. The maximum atomic E-state index is 11.6. The number of carbonyl (C=O) groups excluding carboxylic acids is 1. The topological polar surface area (TPSA) is 118 Å². The van der Waals surface area contributed by atoms with Crippen molar-refractivity contribution in [1.29, 1.82) is 5.41 Å². The van der Waals surface area contributed by atoms with Gasteiger partial charge in [-0.05, 0) is 36.0 Å². The molecule has 1 aliphatic rings. The molecule has 0 aliphatic carbocycles. The number of amides is 1. The lowest BCUT2D eigenvalue weighted by atomic mass is 10.1. The van der Waals surface area contributed by atoms with Crippen LogP contribution in [0.2, 0.25) is 0 Å². The van der Waals surface area contributed by atoms with Gasteiger partial charge in [-0.1, -0.05) is 0 Å². The normalized spacial score (nSPS) is 15.6. The van der Waals surface area contributed by atoms with Crippen molar-refractivity contribution < 1.29 is 18.9 Å². The first kappa shape index (κ1) is 15.8. The van der Waals surface area contributed by atoms with Crippen molar-refractivity contribution in [3.63, 3.8) is 0 Å². The zero-order valence-electron chi connectivity index (χ0n) is 12.4. The van der Waals surface area contributed by atoms with E-state index in [2.05, 4.69) is 5.32 Å². The van der Waals surface area contributed by atoms with Gasteiger partial charge in [0.05, 0.1) is 28.6 Å². The lowest BCUT2D eigenvalue weighted by molar-refractivity contribution is -0.384. The molecule has 1 aromatic carbocycles. The Balaban J connectivity index is 1.97. The molecule has 1 aliphatic heterocycles. The highest BCUT2D eigenvalue weighted by molar-refractivity contribution is 8.18. The van der Waals surface area contributed by atoms with E-state index in [1.807, 2.05) is 0 Å². The summed E-state index contributed by atoms with van der Waals surface area (Å²) in [6.07, 6.45) is 1.49. The van der Waals surface area contributed by atoms with E-state index in [0.717, 1.165) is 11.8 Å². The molecular formula is C15H11N3O5S. The summed E-state index contributed by atoms with van der Waals surface area (Å²) in [7, 11) is 1.43. The van der Waals surface area contributed by atoms with Gasteiger partial charge in [-0.3, -0.25) is 20.3 Å². The molecule has 122 valence electrons. The number of benzene rings is 1. The number of carbonyl (C=O) groups is 1. The number of nitro groups is 1. The van der Waals surface area contributed by atoms with Crippen molar-refractivity contribution in [2.45, 2.75) is 0 Å². The number of thioether (sulfide) groups is 1. The number of nitrogens with one attached hydrogen (secondary N) is 2. The molecule has 1 fully saturated rings. The minimum absolute atomic E-state index is 0.0452. The Bertz CT molecular complexity index is 887. The van der Waals surface area contributed by atoms with Crippen LogP contribution in [0.5, 0.6) is 5.75 Å². The summed E-state index contributed by atoms with van der Waals surface area (Å²) in [5.74, 6) is 0.660. The van der Waals surface area contributed by atoms with Gasteiger partial charge in [0.1, 0.15) is 17.3 Å². The zero-order chi connectivity index (χ0) is 17.3. The molecule has 0 atom stereocenters. The first-order valence-corrected chi connectivity index (χ1v) is 7.51. The maximum Gasteiger partial charge on any atom is 0.284 e. The summed E-state index contributed by atoms with van der Waals surface area (Å²) >= 11 is 0.986. The molecule has 8 nitrogen and oxygen atoms in total. The number of ether oxygens (including phenoxy) is 1. The Kier molecular flexibility index (Phi) is 4.09. The fourth-order valence-corrected chi connectivity index (χ4v) is 2.83. The van der Waals surface area contributed by atoms with Gasteiger partial charge >= 0.3 is 0 Å². The summed E-state index contributed by atoms with van der Waals surface area (Å²) in [6, 6.07) is 7.65. The number of nitrogens with zero attached hydrogens (tertiary/aromatic N) is 1.